The molecule has 0 aliphatic rings. The largest absolute Gasteiger partial charge is 0.398 e. The van der Waals surface area contributed by atoms with E-state index in [1.165, 1.54) is 24.3 Å². The second-order valence-corrected chi connectivity index (χ2v) is 6.48. The van der Waals surface area contributed by atoms with Gasteiger partial charge in [-0.05, 0) is 30.3 Å². The minimum Gasteiger partial charge on any atom is -0.398 e. The summed E-state index contributed by atoms with van der Waals surface area (Å²) >= 11 is 8.76. The Morgan fingerprint density at radius 3 is 2.58 bits per heavy atom. The van der Waals surface area contributed by atoms with Crippen molar-refractivity contribution in [3.8, 4) is 0 Å². The molecule has 6 nitrogen and oxygen atoms in total. The van der Waals surface area contributed by atoms with Crippen molar-refractivity contribution in [2.24, 2.45) is 0 Å². The van der Waals surface area contributed by atoms with Gasteiger partial charge in [-0.2, -0.15) is 0 Å². The third-order valence-corrected chi connectivity index (χ3v) is 4.24. The topological polar surface area (TPSA) is 98.0 Å². The molecule has 0 saturated carbocycles. The molecule has 0 fully saturated rings. The third-order valence-electron chi connectivity index (χ3n) is 2.14. The molecule has 100 valence electrons. The second kappa shape index (κ2) is 5.32. The number of hydrogen-bond donors (Lipinski definition) is 2. The summed E-state index contributed by atoms with van der Waals surface area (Å²) < 4.78 is 27.2. The summed E-state index contributed by atoms with van der Waals surface area (Å²) in [5, 5.41) is 7.33. The van der Waals surface area contributed by atoms with Gasteiger partial charge < -0.3 is 5.73 Å². The molecule has 0 atom stereocenters. The van der Waals surface area contributed by atoms with Crippen LogP contribution in [0.3, 0.4) is 0 Å². The molecular formula is C10H8BrClN4O2S. The van der Waals surface area contributed by atoms with Crippen LogP contribution in [0, 0.1) is 0 Å². The van der Waals surface area contributed by atoms with Crippen LogP contribution in [-0.4, -0.2) is 18.6 Å². The van der Waals surface area contributed by atoms with Crippen molar-refractivity contribution in [3.05, 3.63) is 40.0 Å². The SMILES string of the molecule is Nc1ccc(Br)cc1S(=O)(=O)Nc1ccc(Cl)nn1. The number of nitrogen functional groups attached to an aromatic ring is 1. The highest BCUT2D eigenvalue weighted by molar-refractivity contribution is 9.10. The lowest BCUT2D eigenvalue weighted by atomic mass is 10.3. The molecule has 1 aromatic carbocycles. The maximum Gasteiger partial charge on any atom is 0.265 e. The molecule has 0 spiro atoms. The van der Waals surface area contributed by atoms with E-state index < -0.39 is 10.0 Å². The van der Waals surface area contributed by atoms with Crippen LogP contribution >= 0.6 is 27.5 Å². The Kier molecular flexibility index (Phi) is 3.93. The number of halogens is 2. The van der Waals surface area contributed by atoms with Crippen molar-refractivity contribution in [1.29, 1.82) is 0 Å². The van der Waals surface area contributed by atoms with Crippen LogP contribution in [-0.2, 0) is 10.0 Å². The summed E-state index contributed by atoms with van der Waals surface area (Å²) in [5.74, 6) is 0.0591. The van der Waals surface area contributed by atoms with E-state index in [0.29, 0.717) is 4.47 Å². The van der Waals surface area contributed by atoms with Gasteiger partial charge in [0.15, 0.2) is 11.0 Å². The van der Waals surface area contributed by atoms with Crippen LogP contribution in [0.2, 0.25) is 5.15 Å². The summed E-state index contributed by atoms with van der Waals surface area (Å²) in [6, 6.07) is 7.38. The average Bonchev–Trinajstić information content (AvgIpc) is 2.35. The molecule has 0 saturated heterocycles. The Balaban J connectivity index is 2.37. The molecule has 3 N–H and O–H groups in total. The number of nitrogens with zero attached hydrogens (tertiary/aromatic N) is 2. The highest BCUT2D eigenvalue weighted by atomic mass is 79.9. The van der Waals surface area contributed by atoms with Gasteiger partial charge in [0.05, 0.1) is 5.69 Å². The van der Waals surface area contributed by atoms with E-state index >= 15 is 0 Å². The van der Waals surface area contributed by atoms with E-state index in [9.17, 15) is 8.42 Å². The van der Waals surface area contributed by atoms with E-state index in [2.05, 4.69) is 30.8 Å². The van der Waals surface area contributed by atoms with Crippen molar-refractivity contribution in [2.45, 2.75) is 4.90 Å². The molecule has 0 aliphatic heterocycles. The first kappa shape index (κ1) is 14.0. The van der Waals surface area contributed by atoms with E-state index in [0.717, 1.165) is 0 Å². The van der Waals surface area contributed by atoms with Crippen LogP contribution in [0.15, 0.2) is 39.7 Å². The van der Waals surface area contributed by atoms with Gasteiger partial charge in [0.2, 0.25) is 0 Å². The van der Waals surface area contributed by atoms with Gasteiger partial charge in [0.1, 0.15) is 4.90 Å². The molecule has 0 radical (unpaired) electrons. The normalized spacial score (nSPS) is 11.3. The Morgan fingerprint density at radius 1 is 1.21 bits per heavy atom. The fourth-order valence-corrected chi connectivity index (χ4v) is 3.07. The fraction of sp³-hybridized carbons (Fsp3) is 0. The fourth-order valence-electron chi connectivity index (χ4n) is 1.30. The van der Waals surface area contributed by atoms with Crippen molar-refractivity contribution in [2.75, 3.05) is 10.5 Å². The summed E-state index contributed by atoms with van der Waals surface area (Å²) in [4.78, 5) is -0.0429. The zero-order valence-electron chi connectivity index (χ0n) is 9.34. The van der Waals surface area contributed by atoms with Crippen molar-refractivity contribution >= 4 is 49.1 Å². The Morgan fingerprint density at radius 2 is 1.95 bits per heavy atom. The molecule has 0 unspecified atom stereocenters. The summed E-state index contributed by atoms with van der Waals surface area (Å²) in [6.45, 7) is 0. The minimum atomic E-state index is -3.83. The molecule has 0 aliphatic carbocycles. The van der Waals surface area contributed by atoms with Gasteiger partial charge in [0, 0.05) is 4.47 Å². The third kappa shape index (κ3) is 3.34. The molecule has 1 heterocycles. The Labute approximate surface area is 123 Å². The van der Waals surface area contributed by atoms with Gasteiger partial charge in [-0.3, -0.25) is 4.72 Å². The smallest absolute Gasteiger partial charge is 0.265 e. The zero-order valence-corrected chi connectivity index (χ0v) is 12.5. The predicted molar refractivity (Wildman–Crippen MR) is 76.4 cm³/mol. The van der Waals surface area contributed by atoms with Gasteiger partial charge >= 0.3 is 0 Å². The number of hydrogen-bond acceptors (Lipinski definition) is 5. The molecule has 1 aromatic heterocycles. The van der Waals surface area contributed by atoms with Gasteiger partial charge in [-0.1, -0.05) is 27.5 Å². The average molecular weight is 364 g/mol. The van der Waals surface area contributed by atoms with Crippen molar-refractivity contribution < 1.29 is 8.42 Å². The van der Waals surface area contributed by atoms with Gasteiger partial charge in [-0.15, -0.1) is 10.2 Å². The quantitative estimate of drug-likeness (QED) is 0.815. The number of rotatable bonds is 3. The van der Waals surface area contributed by atoms with E-state index in [1.807, 2.05) is 0 Å². The van der Waals surface area contributed by atoms with Crippen molar-refractivity contribution in [1.82, 2.24) is 10.2 Å². The predicted octanol–water partition coefficient (Wildman–Crippen LogP) is 2.28. The maximum absolute atomic E-state index is 12.1. The first-order valence-electron chi connectivity index (χ1n) is 4.95. The standard InChI is InChI=1S/C10H8BrClN4O2S/c11-6-1-2-7(13)8(5-6)19(17,18)16-10-4-3-9(12)14-15-10/h1-5H,13H2,(H,15,16). The molecule has 0 amide bonds. The summed E-state index contributed by atoms with van der Waals surface area (Å²) in [5.41, 5.74) is 5.79. The first-order chi connectivity index (χ1) is 8.88. The van der Waals surface area contributed by atoms with Gasteiger partial charge in [0.25, 0.3) is 10.0 Å². The lowest BCUT2D eigenvalue weighted by Crippen LogP contribution is -2.16. The summed E-state index contributed by atoms with van der Waals surface area (Å²) in [7, 11) is -3.83. The molecule has 2 aromatic rings. The van der Waals surface area contributed by atoms with E-state index in [-0.39, 0.29) is 21.6 Å². The maximum atomic E-state index is 12.1. The molecule has 2 rings (SSSR count). The van der Waals surface area contributed by atoms with Crippen LogP contribution < -0.4 is 10.5 Å². The molecular weight excluding hydrogens is 356 g/mol. The van der Waals surface area contributed by atoms with Gasteiger partial charge in [-0.25, -0.2) is 8.42 Å². The number of anilines is 2. The van der Waals surface area contributed by atoms with Crippen LogP contribution in [0.4, 0.5) is 11.5 Å². The number of nitrogens with two attached hydrogens (primary N) is 1. The van der Waals surface area contributed by atoms with Crippen molar-refractivity contribution in [3.63, 3.8) is 0 Å². The lowest BCUT2D eigenvalue weighted by Gasteiger charge is -2.09. The molecule has 19 heavy (non-hydrogen) atoms. The monoisotopic (exact) mass is 362 g/mol. The Bertz CT molecular complexity index is 706. The van der Waals surface area contributed by atoms with E-state index in [4.69, 9.17) is 17.3 Å². The number of nitrogens with one attached hydrogen (secondary N) is 1. The number of benzene rings is 1. The number of sulfonamides is 1. The summed E-state index contributed by atoms with van der Waals surface area (Å²) in [6.07, 6.45) is 0. The minimum absolute atomic E-state index is 0.0429. The lowest BCUT2D eigenvalue weighted by molar-refractivity contribution is 0.601. The number of aromatic nitrogens is 2. The van der Waals surface area contributed by atoms with Crippen LogP contribution in [0.25, 0.3) is 0 Å². The van der Waals surface area contributed by atoms with Crippen LogP contribution in [0.5, 0.6) is 0 Å². The molecule has 0 bridgehead atoms. The van der Waals surface area contributed by atoms with Crippen LogP contribution in [0.1, 0.15) is 0 Å². The van der Waals surface area contributed by atoms with E-state index in [1.54, 1.807) is 6.07 Å². The highest BCUT2D eigenvalue weighted by Crippen LogP contribution is 2.24. The second-order valence-electron chi connectivity index (χ2n) is 3.53. The molecule has 9 heteroatoms. The first-order valence-corrected chi connectivity index (χ1v) is 7.61. The highest BCUT2D eigenvalue weighted by Gasteiger charge is 2.18. The Hall–Kier alpha value is -1.38. The zero-order chi connectivity index (χ0) is 14.0.